The highest BCUT2D eigenvalue weighted by atomic mass is 32.1. The lowest BCUT2D eigenvalue weighted by atomic mass is 9.87. The SMILES string of the molecule is CC(C)(C)c1ccc(N(c2ccccc2)c2ccc(-c3cccs3)cc2)cc1. The van der Waals surface area contributed by atoms with E-state index >= 15 is 0 Å². The van der Waals surface area contributed by atoms with E-state index in [9.17, 15) is 0 Å². The molecule has 0 saturated heterocycles. The molecule has 0 aliphatic carbocycles. The van der Waals surface area contributed by atoms with E-state index in [2.05, 4.69) is 122 Å². The minimum absolute atomic E-state index is 0.151. The standard InChI is InChI=1S/C26H25NS/c1-26(2,3)21-13-17-24(18-14-21)27(22-8-5-4-6-9-22)23-15-11-20(12-16-23)25-10-7-19-28-25/h4-19H,1-3H3. The summed E-state index contributed by atoms with van der Waals surface area (Å²) in [6, 6.07) is 32.6. The predicted octanol–water partition coefficient (Wildman–Crippen LogP) is 8.18. The van der Waals surface area contributed by atoms with Crippen LogP contribution in [-0.4, -0.2) is 0 Å². The van der Waals surface area contributed by atoms with Crippen molar-refractivity contribution in [2.24, 2.45) is 0 Å². The molecule has 0 bridgehead atoms. The van der Waals surface area contributed by atoms with Crippen molar-refractivity contribution in [1.82, 2.24) is 0 Å². The normalized spacial score (nSPS) is 11.4. The summed E-state index contributed by atoms with van der Waals surface area (Å²) in [6.45, 7) is 6.75. The van der Waals surface area contributed by atoms with Gasteiger partial charge in [0.25, 0.3) is 0 Å². The third-order valence-corrected chi connectivity index (χ3v) is 5.86. The van der Waals surface area contributed by atoms with Gasteiger partial charge in [0.2, 0.25) is 0 Å². The summed E-state index contributed by atoms with van der Waals surface area (Å²) in [7, 11) is 0. The molecule has 0 amide bonds. The molecule has 0 fully saturated rings. The minimum Gasteiger partial charge on any atom is -0.311 e. The van der Waals surface area contributed by atoms with Crippen molar-refractivity contribution in [3.8, 4) is 10.4 Å². The molecular formula is C26H25NS. The lowest BCUT2D eigenvalue weighted by Crippen LogP contribution is -2.13. The molecule has 0 aliphatic heterocycles. The monoisotopic (exact) mass is 383 g/mol. The number of hydrogen-bond donors (Lipinski definition) is 0. The maximum atomic E-state index is 2.31. The van der Waals surface area contributed by atoms with E-state index in [4.69, 9.17) is 0 Å². The molecule has 0 radical (unpaired) electrons. The van der Waals surface area contributed by atoms with Crippen molar-refractivity contribution in [2.75, 3.05) is 4.90 Å². The van der Waals surface area contributed by atoms with Gasteiger partial charge in [0.15, 0.2) is 0 Å². The molecule has 1 nitrogen and oxygen atoms in total. The van der Waals surface area contributed by atoms with Crippen LogP contribution in [0.2, 0.25) is 0 Å². The quantitative estimate of drug-likeness (QED) is 0.343. The van der Waals surface area contributed by atoms with Crippen molar-refractivity contribution in [2.45, 2.75) is 26.2 Å². The van der Waals surface area contributed by atoms with E-state index in [1.807, 2.05) is 0 Å². The van der Waals surface area contributed by atoms with Gasteiger partial charge in [-0.05, 0) is 64.4 Å². The van der Waals surface area contributed by atoms with Gasteiger partial charge in [-0.1, -0.05) is 69.3 Å². The molecule has 0 N–H and O–H groups in total. The molecule has 140 valence electrons. The van der Waals surface area contributed by atoms with E-state index in [0.29, 0.717) is 0 Å². The Morgan fingerprint density at radius 3 is 1.71 bits per heavy atom. The van der Waals surface area contributed by atoms with Gasteiger partial charge in [-0.25, -0.2) is 0 Å². The van der Waals surface area contributed by atoms with Crippen molar-refractivity contribution in [3.63, 3.8) is 0 Å². The Balaban J connectivity index is 1.74. The molecular weight excluding hydrogens is 358 g/mol. The first kappa shape index (κ1) is 18.5. The topological polar surface area (TPSA) is 3.24 Å². The Morgan fingerprint density at radius 2 is 1.18 bits per heavy atom. The summed E-state index contributed by atoms with van der Waals surface area (Å²) in [5.74, 6) is 0. The molecule has 0 saturated carbocycles. The van der Waals surface area contributed by atoms with Crippen LogP contribution in [0.4, 0.5) is 17.1 Å². The summed E-state index contributed by atoms with van der Waals surface area (Å²) in [6.07, 6.45) is 0. The highest BCUT2D eigenvalue weighted by Gasteiger charge is 2.16. The fourth-order valence-electron chi connectivity index (χ4n) is 3.35. The first-order valence-corrected chi connectivity index (χ1v) is 10.5. The zero-order valence-corrected chi connectivity index (χ0v) is 17.4. The van der Waals surface area contributed by atoms with Crippen LogP contribution in [0.25, 0.3) is 10.4 Å². The number of thiophene rings is 1. The summed E-state index contributed by atoms with van der Waals surface area (Å²) < 4.78 is 0. The first-order chi connectivity index (χ1) is 13.5. The van der Waals surface area contributed by atoms with Crippen molar-refractivity contribution in [1.29, 1.82) is 0 Å². The Morgan fingerprint density at radius 1 is 0.607 bits per heavy atom. The smallest absolute Gasteiger partial charge is 0.0462 e. The fraction of sp³-hybridized carbons (Fsp3) is 0.154. The number of benzene rings is 3. The molecule has 4 rings (SSSR count). The second-order valence-corrected chi connectivity index (χ2v) is 8.94. The van der Waals surface area contributed by atoms with E-state index in [-0.39, 0.29) is 5.41 Å². The molecule has 0 atom stereocenters. The lowest BCUT2D eigenvalue weighted by Gasteiger charge is -2.27. The second-order valence-electron chi connectivity index (χ2n) is 7.99. The third kappa shape index (κ3) is 3.88. The minimum atomic E-state index is 0.151. The molecule has 2 heteroatoms. The van der Waals surface area contributed by atoms with Crippen molar-refractivity contribution < 1.29 is 0 Å². The number of rotatable bonds is 4. The highest BCUT2D eigenvalue weighted by Crippen LogP contribution is 2.36. The first-order valence-electron chi connectivity index (χ1n) is 9.62. The molecule has 0 spiro atoms. The number of para-hydroxylation sites is 1. The zero-order chi connectivity index (χ0) is 19.6. The summed E-state index contributed by atoms with van der Waals surface area (Å²) >= 11 is 1.77. The van der Waals surface area contributed by atoms with Gasteiger partial charge in [-0.2, -0.15) is 0 Å². The Bertz CT molecular complexity index is 1010. The summed E-state index contributed by atoms with van der Waals surface area (Å²) in [4.78, 5) is 3.61. The van der Waals surface area contributed by atoms with E-state index in [1.165, 1.54) is 21.7 Å². The molecule has 1 aromatic heterocycles. The van der Waals surface area contributed by atoms with Gasteiger partial charge in [0.05, 0.1) is 0 Å². The highest BCUT2D eigenvalue weighted by molar-refractivity contribution is 7.13. The largest absolute Gasteiger partial charge is 0.311 e. The van der Waals surface area contributed by atoms with Crippen LogP contribution in [0.5, 0.6) is 0 Å². The van der Waals surface area contributed by atoms with Gasteiger partial charge in [0, 0.05) is 21.9 Å². The number of nitrogens with zero attached hydrogens (tertiary/aromatic N) is 1. The van der Waals surface area contributed by atoms with Crippen LogP contribution < -0.4 is 4.90 Å². The van der Waals surface area contributed by atoms with E-state index in [1.54, 1.807) is 11.3 Å². The van der Waals surface area contributed by atoms with Crippen LogP contribution >= 0.6 is 11.3 Å². The lowest BCUT2D eigenvalue weighted by molar-refractivity contribution is 0.590. The van der Waals surface area contributed by atoms with Crippen LogP contribution in [0, 0.1) is 0 Å². The molecule has 0 aliphatic rings. The average molecular weight is 384 g/mol. The van der Waals surface area contributed by atoms with Gasteiger partial charge in [-0.15, -0.1) is 11.3 Å². The van der Waals surface area contributed by atoms with Gasteiger partial charge >= 0.3 is 0 Å². The van der Waals surface area contributed by atoms with Crippen molar-refractivity contribution >= 4 is 28.4 Å². The van der Waals surface area contributed by atoms with E-state index in [0.717, 1.165) is 11.4 Å². The van der Waals surface area contributed by atoms with Crippen LogP contribution in [0.1, 0.15) is 26.3 Å². The Kier molecular flexibility index (Phi) is 5.06. The van der Waals surface area contributed by atoms with Gasteiger partial charge < -0.3 is 4.90 Å². The van der Waals surface area contributed by atoms with E-state index < -0.39 is 0 Å². The summed E-state index contributed by atoms with van der Waals surface area (Å²) in [5.41, 5.74) is 6.25. The molecule has 28 heavy (non-hydrogen) atoms. The average Bonchev–Trinajstić information content (AvgIpc) is 3.24. The number of hydrogen-bond acceptors (Lipinski definition) is 2. The number of anilines is 3. The maximum absolute atomic E-state index is 2.31. The maximum Gasteiger partial charge on any atom is 0.0462 e. The van der Waals surface area contributed by atoms with Gasteiger partial charge in [0.1, 0.15) is 0 Å². The van der Waals surface area contributed by atoms with Crippen molar-refractivity contribution in [3.05, 3.63) is 102 Å². The van der Waals surface area contributed by atoms with Crippen LogP contribution in [0.15, 0.2) is 96.4 Å². The van der Waals surface area contributed by atoms with Crippen LogP contribution in [0.3, 0.4) is 0 Å². The molecule has 3 aromatic carbocycles. The van der Waals surface area contributed by atoms with Gasteiger partial charge in [-0.3, -0.25) is 0 Å². The summed E-state index contributed by atoms with van der Waals surface area (Å²) in [5, 5.41) is 2.12. The Hall–Kier alpha value is -2.84. The molecule has 1 heterocycles. The second kappa shape index (κ2) is 7.65. The Labute approximate surface area is 171 Å². The zero-order valence-electron chi connectivity index (χ0n) is 16.6. The fourth-order valence-corrected chi connectivity index (χ4v) is 4.09. The molecule has 0 unspecified atom stereocenters. The van der Waals surface area contributed by atoms with Crippen LogP contribution in [-0.2, 0) is 5.41 Å². The predicted molar refractivity (Wildman–Crippen MR) is 123 cm³/mol. The molecule has 4 aromatic rings. The third-order valence-electron chi connectivity index (χ3n) is 4.94.